The normalized spacial score (nSPS) is 18.1. The van der Waals surface area contributed by atoms with E-state index < -0.39 is 0 Å². The fourth-order valence-electron chi connectivity index (χ4n) is 1.50. The second-order valence-corrected chi connectivity index (χ2v) is 3.33. The number of esters is 1. The zero-order chi connectivity index (χ0) is 11.0. The molecule has 4 nitrogen and oxygen atoms in total. The molecule has 0 aliphatic carbocycles. The van der Waals surface area contributed by atoms with Crippen LogP contribution in [0.2, 0.25) is 0 Å². The van der Waals surface area contributed by atoms with E-state index in [2.05, 4.69) is 11.9 Å². The second kappa shape index (κ2) is 7.50. The highest BCUT2D eigenvalue weighted by Gasteiger charge is 2.23. The summed E-state index contributed by atoms with van der Waals surface area (Å²) in [5.41, 5.74) is 0. The first-order valence-corrected chi connectivity index (χ1v) is 4.88. The molecule has 4 heteroatoms. The Morgan fingerprint density at radius 1 is 1.43 bits per heavy atom. The molecule has 0 aromatic carbocycles. The Morgan fingerprint density at radius 2 is 1.93 bits per heavy atom. The quantitative estimate of drug-likeness (QED) is 0.617. The Labute approximate surface area is 85.2 Å². The lowest BCUT2D eigenvalue weighted by Gasteiger charge is -2.27. The number of hydrogen-bond acceptors (Lipinski definition) is 4. The van der Waals surface area contributed by atoms with E-state index in [0.29, 0.717) is 6.61 Å². The van der Waals surface area contributed by atoms with Gasteiger partial charge in [0, 0.05) is 0 Å². The lowest BCUT2D eigenvalue weighted by molar-refractivity contribution is -0.149. The molecule has 1 aliphatic heterocycles. The number of piperidine rings is 1. The van der Waals surface area contributed by atoms with Crippen molar-refractivity contribution in [2.75, 3.05) is 26.7 Å². The van der Waals surface area contributed by atoms with Gasteiger partial charge in [0.1, 0.15) is 6.79 Å². The van der Waals surface area contributed by atoms with Crippen molar-refractivity contribution in [3.05, 3.63) is 0 Å². The van der Waals surface area contributed by atoms with Crippen molar-refractivity contribution in [1.29, 1.82) is 0 Å². The molecule has 0 amide bonds. The summed E-state index contributed by atoms with van der Waals surface area (Å²) in [6.07, 6.45) is 1.91. The number of ether oxygens (including phenoxy) is 1. The molecule has 0 radical (unpaired) electrons. The fraction of sp³-hybridized carbons (Fsp3) is 0.800. The van der Waals surface area contributed by atoms with Gasteiger partial charge in [-0.3, -0.25) is 4.79 Å². The topological polar surface area (TPSA) is 46.6 Å². The molecule has 1 heterocycles. The van der Waals surface area contributed by atoms with E-state index >= 15 is 0 Å². The van der Waals surface area contributed by atoms with Crippen LogP contribution in [0.3, 0.4) is 0 Å². The molecule has 0 spiro atoms. The SMILES string of the molecule is C=O.CCOC(=O)C1CCN(C)CC1. The highest BCUT2D eigenvalue weighted by molar-refractivity contribution is 5.72. The second-order valence-electron chi connectivity index (χ2n) is 3.33. The van der Waals surface area contributed by atoms with Gasteiger partial charge in [-0.1, -0.05) is 0 Å². The summed E-state index contributed by atoms with van der Waals surface area (Å²) in [4.78, 5) is 21.5. The van der Waals surface area contributed by atoms with Crippen LogP contribution in [0.1, 0.15) is 19.8 Å². The van der Waals surface area contributed by atoms with Gasteiger partial charge in [0.05, 0.1) is 12.5 Å². The summed E-state index contributed by atoms with van der Waals surface area (Å²) >= 11 is 0. The smallest absolute Gasteiger partial charge is 0.309 e. The van der Waals surface area contributed by atoms with Gasteiger partial charge in [-0.2, -0.15) is 0 Å². The van der Waals surface area contributed by atoms with E-state index in [1.807, 2.05) is 13.7 Å². The van der Waals surface area contributed by atoms with Crippen LogP contribution in [0.5, 0.6) is 0 Å². The molecule has 0 unspecified atom stereocenters. The van der Waals surface area contributed by atoms with Crippen LogP contribution in [-0.4, -0.2) is 44.4 Å². The number of nitrogens with zero attached hydrogens (tertiary/aromatic N) is 1. The molecule has 0 saturated carbocycles. The Kier molecular flexibility index (Phi) is 7.02. The molecule has 0 N–H and O–H groups in total. The third-order valence-electron chi connectivity index (χ3n) is 2.34. The molecule has 1 rings (SSSR count). The van der Waals surface area contributed by atoms with Crippen molar-refractivity contribution in [2.45, 2.75) is 19.8 Å². The van der Waals surface area contributed by atoms with Crippen LogP contribution >= 0.6 is 0 Å². The maximum atomic E-state index is 11.3. The van der Waals surface area contributed by atoms with Gasteiger partial charge in [-0.15, -0.1) is 0 Å². The number of likely N-dealkylation sites (tertiary alicyclic amines) is 1. The van der Waals surface area contributed by atoms with Gasteiger partial charge in [0.25, 0.3) is 0 Å². The summed E-state index contributed by atoms with van der Waals surface area (Å²) in [7, 11) is 2.08. The highest BCUT2D eigenvalue weighted by Crippen LogP contribution is 2.16. The zero-order valence-electron chi connectivity index (χ0n) is 8.99. The third-order valence-corrected chi connectivity index (χ3v) is 2.34. The zero-order valence-corrected chi connectivity index (χ0v) is 8.99. The van der Waals surface area contributed by atoms with Crippen molar-refractivity contribution in [2.24, 2.45) is 5.92 Å². The van der Waals surface area contributed by atoms with Gasteiger partial charge in [0.2, 0.25) is 0 Å². The van der Waals surface area contributed by atoms with E-state index in [9.17, 15) is 4.79 Å². The minimum Gasteiger partial charge on any atom is -0.466 e. The maximum absolute atomic E-state index is 11.3. The molecule has 0 atom stereocenters. The molecule has 14 heavy (non-hydrogen) atoms. The molecule has 1 fully saturated rings. The third kappa shape index (κ3) is 4.37. The standard InChI is InChI=1S/C9H17NO2.CH2O/c1-3-12-9(11)8-4-6-10(2)7-5-8;1-2/h8H,3-7H2,1-2H3;1H2. The Bertz CT molecular complexity index is 165. The first-order chi connectivity index (χ1) is 6.74. The van der Waals surface area contributed by atoms with Crippen LogP contribution in [0, 0.1) is 5.92 Å². The molecule has 82 valence electrons. The summed E-state index contributed by atoms with van der Waals surface area (Å²) in [6.45, 7) is 6.39. The maximum Gasteiger partial charge on any atom is 0.309 e. The van der Waals surface area contributed by atoms with Crippen LogP contribution < -0.4 is 0 Å². The van der Waals surface area contributed by atoms with Gasteiger partial charge in [-0.05, 0) is 39.9 Å². The highest BCUT2D eigenvalue weighted by atomic mass is 16.5. The average Bonchev–Trinajstić information content (AvgIpc) is 2.22. The van der Waals surface area contributed by atoms with Crippen molar-refractivity contribution in [1.82, 2.24) is 4.90 Å². The predicted molar refractivity (Wildman–Crippen MR) is 54.0 cm³/mol. The fourth-order valence-corrected chi connectivity index (χ4v) is 1.50. The summed E-state index contributed by atoms with van der Waals surface area (Å²) < 4.78 is 4.96. The molecule has 1 aliphatic rings. The minimum atomic E-state index is -0.00870. The van der Waals surface area contributed by atoms with Gasteiger partial charge >= 0.3 is 5.97 Å². The lowest BCUT2D eigenvalue weighted by atomic mass is 9.97. The number of rotatable bonds is 2. The molecule has 1 saturated heterocycles. The largest absolute Gasteiger partial charge is 0.466 e. The van der Waals surface area contributed by atoms with E-state index in [4.69, 9.17) is 9.53 Å². The van der Waals surface area contributed by atoms with Crippen molar-refractivity contribution < 1.29 is 14.3 Å². The Hall–Kier alpha value is -0.900. The van der Waals surface area contributed by atoms with E-state index in [-0.39, 0.29) is 11.9 Å². The number of hydrogen-bond donors (Lipinski definition) is 0. The number of carbonyl (C=O) groups is 2. The van der Waals surface area contributed by atoms with Gasteiger partial charge in [0.15, 0.2) is 0 Å². The Balaban J connectivity index is 0.000000791. The Morgan fingerprint density at radius 3 is 2.36 bits per heavy atom. The van der Waals surface area contributed by atoms with Gasteiger partial charge in [-0.25, -0.2) is 0 Å². The lowest BCUT2D eigenvalue weighted by Crippen LogP contribution is -2.34. The van der Waals surface area contributed by atoms with Crippen molar-refractivity contribution in [3.63, 3.8) is 0 Å². The van der Waals surface area contributed by atoms with Gasteiger partial charge < -0.3 is 14.4 Å². The first kappa shape index (κ1) is 13.1. The van der Waals surface area contributed by atoms with Crippen molar-refractivity contribution >= 4 is 12.8 Å². The molecular formula is C10H19NO3. The molecular weight excluding hydrogens is 182 g/mol. The van der Waals surface area contributed by atoms with Crippen LogP contribution in [0.4, 0.5) is 0 Å². The molecule has 0 aromatic rings. The summed E-state index contributed by atoms with van der Waals surface area (Å²) in [5, 5.41) is 0. The van der Waals surface area contributed by atoms with Crippen molar-refractivity contribution in [3.8, 4) is 0 Å². The summed E-state index contributed by atoms with van der Waals surface area (Å²) in [6, 6.07) is 0. The predicted octanol–water partition coefficient (Wildman–Crippen LogP) is 0.706. The molecule has 0 bridgehead atoms. The summed E-state index contributed by atoms with van der Waals surface area (Å²) in [5.74, 6) is 0.145. The number of carbonyl (C=O) groups excluding carboxylic acids is 2. The minimum absolute atomic E-state index is 0.00870. The monoisotopic (exact) mass is 201 g/mol. The molecule has 0 aromatic heterocycles. The average molecular weight is 201 g/mol. The van der Waals surface area contributed by atoms with Crippen LogP contribution in [0.25, 0.3) is 0 Å². The van der Waals surface area contributed by atoms with Crippen LogP contribution in [-0.2, 0) is 14.3 Å². The van der Waals surface area contributed by atoms with Crippen LogP contribution in [0.15, 0.2) is 0 Å². The van der Waals surface area contributed by atoms with E-state index in [1.165, 1.54) is 0 Å². The first-order valence-electron chi connectivity index (χ1n) is 4.88. The van der Waals surface area contributed by atoms with E-state index in [1.54, 1.807) is 0 Å². The van der Waals surface area contributed by atoms with E-state index in [0.717, 1.165) is 25.9 Å².